The van der Waals surface area contributed by atoms with Gasteiger partial charge in [0.25, 0.3) is 0 Å². The third kappa shape index (κ3) is 2.39. The first-order valence-electron chi connectivity index (χ1n) is 5.41. The number of carbonyl (C=O) groups is 1. The molecule has 19 heavy (non-hydrogen) atoms. The quantitative estimate of drug-likeness (QED) is 0.924. The molecule has 0 unspecified atom stereocenters. The van der Waals surface area contributed by atoms with Crippen LogP contribution < -0.4 is 4.90 Å². The van der Waals surface area contributed by atoms with Crippen molar-refractivity contribution in [2.75, 3.05) is 10.7 Å². The molecule has 0 spiro atoms. The Kier molecular flexibility index (Phi) is 3.30. The lowest BCUT2D eigenvalue weighted by Gasteiger charge is -2.09. The Morgan fingerprint density at radius 2 is 2.05 bits per heavy atom. The van der Waals surface area contributed by atoms with Crippen LogP contribution in [0.3, 0.4) is 0 Å². The van der Waals surface area contributed by atoms with Crippen molar-refractivity contribution in [3.8, 4) is 11.3 Å². The van der Waals surface area contributed by atoms with Crippen molar-refractivity contribution >= 4 is 50.9 Å². The molecule has 4 nitrogen and oxygen atoms in total. The lowest BCUT2D eigenvalue weighted by atomic mass is 10.2. The van der Waals surface area contributed by atoms with Gasteiger partial charge in [-0.25, -0.2) is 9.88 Å². The molecule has 1 aliphatic rings. The fourth-order valence-electron chi connectivity index (χ4n) is 1.69. The number of halogens is 1. The van der Waals surface area contributed by atoms with Gasteiger partial charge in [0.1, 0.15) is 0 Å². The topological polar surface area (TPSA) is 57.1 Å². The van der Waals surface area contributed by atoms with Crippen LogP contribution in [0.5, 0.6) is 0 Å². The average Bonchev–Trinajstić information content (AvgIpc) is 2.98. The van der Waals surface area contributed by atoms with Crippen LogP contribution in [-0.4, -0.2) is 21.8 Å². The number of aromatic nitrogens is 1. The molecule has 2 aromatic rings. The maximum absolute atomic E-state index is 11.7. The van der Waals surface area contributed by atoms with Gasteiger partial charge in [0.2, 0.25) is 5.91 Å². The number of amidine groups is 1. The smallest absolute Gasteiger partial charge is 0.245 e. The van der Waals surface area contributed by atoms with Gasteiger partial charge in [0.15, 0.2) is 10.3 Å². The van der Waals surface area contributed by atoms with E-state index in [1.807, 2.05) is 17.5 Å². The molecule has 96 valence electrons. The maximum atomic E-state index is 11.7. The van der Waals surface area contributed by atoms with Crippen LogP contribution >= 0.6 is 34.7 Å². The Bertz CT molecular complexity index is 637. The van der Waals surface area contributed by atoms with Gasteiger partial charge in [0, 0.05) is 16.0 Å². The fraction of sp³-hybridized carbons (Fsp3) is 0.0833. The minimum Gasteiger partial charge on any atom is -0.278 e. The lowest BCUT2D eigenvalue weighted by Crippen LogP contribution is -2.28. The summed E-state index contributed by atoms with van der Waals surface area (Å²) in [5, 5.41) is 11.1. The van der Waals surface area contributed by atoms with E-state index in [2.05, 4.69) is 4.98 Å². The molecule has 3 rings (SSSR count). The van der Waals surface area contributed by atoms with Crippen LogP contribution in [0.1, 0.15) is 0 Å². The summed E-state index contributed by atoms with van der Waals surface area (Å²) in [5.74, 6) is 0.223. The number of benzene rings is 1. The minimum atomic E-state index is -0.0907. The summed E-state index contributed by atoms with van der Waals surface area (Å²) in [5.41, 5.74) is 1.73. The van der Waals surface area contributed by atoms with Crippen LogP contribution in [0.2, 0.25) is 5.02 Å². The van der Waals surface area contributed by atoms with E-state index in [0.717, 1.165) is 11.3 Å². The number of thioether (sulfide) groups is 1. The van der Waals surface area contributed by atoms with Crippen molar-refractivity contribution in [3.63, 3.8) is 0 Å². The summed E-state index contributed by atoms with van der Waals surface area (Å²) >= 11 is 8.43. The summed E-state index contributed by atoms with van der Waals surface area (Å²) in [6, 6.07) is 7.36. The van der Waals surface area contributed by atoms with Gasteiger partial charge < -0.3 is 0 Å². The maximum Gasteiger partial charge on any atom is 0.245 e. The highest BCUT2D eigenvalue weighted by molar-refractivity contribution is 8.15. The first kappa shape index (κ1) is 12.7. The number of nitrogens with one attached hydrogen (secondary N) is 1. The summed E-state index contributed by atoms with van der Waals surface area (Å²) in [4.78, 5) is 17.5. The number of anilines is 1. The molecular formula is C12H8ClN3OS2. The molecule has 0 radical (unpaired) electrons. The number of carbonyl (C=O) groups excluding carboxylic acids is 1. The van der Waals surface area contributed by atoms with Gasteiger partial charge >= 0.3 is 0 Å². The van der Waals surface area contributed by atoms with E-state index in [-0.39, 0.29) is 11.1 Å². The van der Waals surface area contributed by atoms with Gasteiger partial charge in [-0.2, -0.15) is 0 Å². The Balaban J connectivity index is 1.93. The average molecular weight is 310 g/mol. The molecule has 1 amide bonds. The van der Waals surface area contributed by atoms with Crippen molar-refractivity contribution in [1.82, 2.24) is 4.98 Å². The van der Waals surface area contributed by atoms with Crippen LogP contribution in [0, 0.1) is 5.41 Å². The molecule has 0 aliphatic carbocycles. The molecule has 2 heterocycles. The zero-order valence-corrected chi connectivity index (χ0v) is 12.0. The second-order valence-electron chi connectivity index (χ2n) is 3.85. The number of hydrogen-bond acceptors (Lipinski definition) is 5. The molecular weight excluding hydrogens is 302 g/mol. The summed E-state index contributed by atoms with van der Waals surface area (Å²) in [6.45, 7) is 0. The SMILES string of the molecule is N=C1SCC(=O)N1c1nc(-c2ccc(Cl)cc2)cs1. The van der Waals surface area contributed by atoms with Crippen LogP contribution in [0.25, 0.3) is 11.3 Å². The highest BCUT2D eigenvalue weighted by Gasteiger charge is 2.30. The van der Waals surface area contributed by atoms with Gasteiger partial charge in [-0.3, -0.25) is 10.2 Å². The molecule has 1 aromatic carbocycles. The standard InChI is InChI=1S/C12H8ClN3OS2/c13-8-3-1-7(2-4-8)9-5-19-12(15-9)16-10(17)6-18-11(16)14/h1-5,14H,6H2. The van der Waals surface area contributed by atoms with Crippen molar-refractivity contribution in [2.45, 2.75) is 0 Å². The summed E-state index contributed by atoms with van der Waals surface area (Å²) in [6.07, 6.45) is 0. The van der Waals surface area contributed by atoms with E-state index in [1.54, 1.807) is 12.1 Å². The molecule has 7 heteroatoms. The van der Waals surface area contributed by atoms with E-state index >= 15 is 0 Å². The second kappa shape index (κ2) is 4.96. The first-order chi connectivity index (χ1) is 9.15. The van der Waals surface area contributed by atoms with Crippen molar-refractivity contribution in [2.24, 2.45) is 0 Å². The van der Waals surface area contributed by atoms with Crippen molar-refractivity contribution in [3.05, 3.63) is 34.7 Å². The van der Waals surface area contributed by atoms with Gasteiger partial charge in [-0.05, 0) is 12.1 Å². The third-order valence-corrected chi connectivity index (χ3v) is 4.53. The summed E-state index contributed by atoms with van der Waals surface area (Å²) < 4.78 is 0. The molecule has 1 aromatic heterocycles. The van der Waals surface area contributed by atoms with Gasteiger partial charge in [-0.15, -0.1) is 11.3 Å². The number of amides is 1. The second-order valence-corrected chi connectivity index (χ2v) is 6.08. The van der Waals surface area contributed by atoms with Gasteiger partial charge in [-0.1, -0.05) is 35.5 Å². The molecule has 0 saturated carbocycles. The van der Waals surface area contributed by atoms with Gasteiger partial charge in [0.05, 0.1) is 11.4 Å². The van der Waals surface area contributed by atoms with E-state index in [4.69, 9.17) is 17.0 Å². The largest absolute Gasteiger partial charge is 0.278 e. The Morgan fingerprint density at radius 3 is 2.68 bits per heavy atom. The van der Waals surface area contributed by atoms with Crippen molar-refractivity contribution < 1.29 is 4.79 Å². The highest BCUT2D eigenvalue weighted by atomic mass is 35.5. The Hall–Kier alpha value is -1.37. The number of nitrogens with zero attached hydrogens (tertiary/aromatic N) is 2. The normalized spacial score (nSPS) is 15.3. The molecule has 1 fully saturated rings. The van der Waals surface area contributed by atoms with Crippen molar-refractivity contribution in [1.29, 1.82) is 5.41 Å². The number of hydrogen-bond donors (Lipinski definition) is 1. The van der Waals surface area contributed by atoms with Crippen LogP contribution in [0.15, 0.2) is 29.6 Å². The van der Waals surface area contributed by atoms with E-state index in [9.17, 15) is 4.79 Å². The zero-order chi connectivity index (χ0) is 13.4. The minimum absolute atomic E-state index is 0.0907. The molecule has 0 atom stereocenters. The predicted octanol–water partition coefficient (Wildman–Crippen LogP) is 3.48. The Labute approximate surface area is 122 Å². The molecule has 1 aliphatic heterocycles. The van der Waals surface area contributed by atoms with Crippen LogP contribution in [0.4, 0.5) is 5.13 Å². The Morgan fingerprint density at radius 1 is 1.32 bits per heavy atom. The third-order valence-electron chi connectivity index (χ3n) is 2.61. The van der Waals surface area contributed by atoms with E-state index in [0.29, 0.717) is 15.9 Å². The van der Waals surface area contributed by atoms with E-state index in [1.165, 1.54) is 28.0 Å². The highest BCUT2D eigenvalue weighted by Crippen LogP contribution is 2.32. The fourth-order valence-corrected chi connectivity index (χ4v) is 3.43. The van der Waals surface area contributed by atoms with Crippen LogP contribution in [-0.2, 0) is 4.79 Å². The van der Waals surface area contributed by atoms with E-state index < -0.39 is 0 Å². The molecule has 1 N–H and O–H groups in total. The molecule has 1 saturated heterocycles. The number of thiazole rings is 1. The zero-order valence-electron chi connectivity index (χ0n) is 9.59. The summed E-state index contributed by atoms with van der Waals surface area (Å²) in [7, 11) is 0. The monoisotopic (exact) mass is 309 g/mol. The first-order valence-corrected chi connectivity index (χ1v) is 7.65. The number of rotatable bonds is 2. The molecule has 0 bridgehead atoms. The lowest BCUT2D eigenvalue weighted by molar-refractivity contribution is -0.115. The predicted molar refractivity (Wildman–Crippen MR) is 80.2 cm³/mol.